The fourth-order valence-electron chi connectivity index (χ4n) is 2.71. The van der Waals surface area contributed by atoms with Gasteiger partial charge in [-0.25, -0.2) is 13.1 Å². The van der Waals surface area contributed by atoms with Crippen molar-refractivity contribution < 1.29 is 13.5 Å². The Morgan fingerprint density at radius 1 is 1.04 bits per heavy atom. The van der Waals surface area contributed by atoms with E-state index in [9.17, 15) is 13.5 Å². The Morgan fingerprint density at radius 2 is 1.57 bits per heavy atom. The zero-order valence-corrected chi connectivity index (χ0v) is 15.7. The Kier molecular flexibility index (Phi) is 5.30. The molecule has 0 spiro atoms. The van der Waals surface area contributed by atoms with E-state index in [-0.39, 0.29) is 6.54 Å². The molecule has 0 aliphatic carbocycles. The molecule has 1 aromatic carbocycles. The van der Waals surface area contributed by atoms with Gasteiger partial charge in [0.25, 0.3) is 0 Å². The number of sulfonamides is 1. The Balaban J connectivity index is 2.34. The largest absolute Gasteiger partial charge is 0.387 e. The normalized spacial score (nSPS) is 13.3. The Hall–Kier alpha value is -1.21. The molecule has 0 radical (unpaired) electrons. The van der Waals surface area contributed by atoms with Gasteiger partial charge in [0.15, 0.2) is 0 Å². The molecule has 23 heavy (non-hydrogen) atoms. The van der Waals surface area contributed by atoms with Gasteiger partial charge < -0.3 is 5.11 Å². The molecule has 0 amide bonds. The standard InChI is InChI=1S/C17H23NO3S2/c1-10-11(2)13(4)17(14(5)12(10)3)23(20,21)18-8-16(19)15-6-7-22-9-15/h6-7,9,16,18-19H,8H2,1-5H3. The molecule has 2 rings (SSSR count). The summed E-state index contributed by atoms with van der Waals surface area (Å²) in [6, 6.07) is 1.79. The van der Waals surface area contributed by atoms with Gasteiger partial charge in [-0.1, -0.05) is 0 Å². The summed E-state index contributed by atoms with van der Waals surface area (Å²) in [5.74, 6) is 0. The highest BCUT2D eigenvalue weighted by Gasteiger charge is 2.24. The maximum atomic E-state index is 12.7. The predicted molar refractivity (Wildman–Crippen MR) is 94.6 cm³/mol. The van der Waals surface area contributed by atoms with Crippen molar-refractivity contribution in [3.8, 4) is 0 Å². The smallest absolute Gasteiger partial charge is 0.241 e. The summed E-state index contributed by atoms with van der Waals surface area (Å²) in [6.07, 6.45) is -0.843. The lowest BCUT2D eigenvalue weighted by atomic mass is 9.95. The van der Waals surface area contributed by atoms with E-state index >= 15 is 0 Å². The van der Waals surface area contributed by atoms with E-state index in [4.69, 9.17) is 0 Å². The number of aliphatic hydroxyl groups excluding tert-OH is 1. The second-order valence-electron chi connectivity index (χ2n) is 5.88. The molecule has 6 heteroatoms. The van der Waals surface area contributed by atoms with Crippen LogP contribution >= 0.6 is 11.3 Å². The molecule has 1 aromatic heterocycles. The van der Waals surface area contributed by atoms with Crippen molar-refractivity contribution in [3.05, 3.63) is 50.2 Å². The Bertz CT molecular complexity index is 780. The lowest BCUT2D eigenvalue weighted by molar-refractivity contribution is 0.182. The average Bonchev–Trinajstić information content (AvgIpc) is 3.03. The van der Waals surface area contributed by atoms with Crippen LogP contribution in [0.1, 0.15) is 39.5 Å². The molecule has 0 saturated heterocycles. The molecule has 0 saturated carbocycles. The van der Waals surface area contributed by atoms with Crippen molar-refractivity contribution in [2.24, 2.45) is 0 Å². The summed E-state index contributed by atoms with van der Waals surface area (Å²) < 4.78 is 28.0. The van der Waals surface area contributed by atoms with Crippen molar-refractivity contribution in [1.82, 2.24) is 4.72 Å². The van der Waals surface area contributed by atoms with Gasteiger partial charge in [-0.15, -0.1) is 0 Å². The highest BCUT2D eigenvalue weighted by molar-refractivity contribution is 7.89. The third kappa shape index (κ3) is 3.50. The molecule has 1 heterocycles. The van der Waals surface area contributed by atoms with Crippen LogP contribution in [-0.2, 0) is 10.0 Å². The second kappa shape index (κ2) is 6.73. The number of thiophene rings is 1. The number of nitrogens with one attached hydrogen (secondary N) is 1. The van der Waals surface area contributed by atoms with Gasteiger partial charge in [-0.3, -0.25) is 0 Å². The van der Waals surface area contributed by atoms with Crippen molar-refractivity contribution >= 4 is 21.4 Å². The van der Waals surface area contributed by atoms with Crippen LogP contribution in [0.4, 0.5) is 0 Å². The van der Waals surface area contributed by atoms with Gasteiger partial charge in [0, 0.05) is 6.54 Å². The topological polar surface area (TPSA) is 66.4 Å². The lowest BCUT2D eigenvalue weighted by Crippen LogP contribution is -2.30. The van der Waals surface area contributed by atoms with Crippen LogP contribution in [0.15, 0.2) is 21.7 Å². The molecule has 0 aliphatic rings. The van der Waals surface area contributed by atoms with Crippen molar-refractivity contribution in [1.29, 1.82) is 0 Å². The fourth-order valence-corrected chi connectivity index (χ4v) is 5.05. The molecule has 0 bridgehead atoms. The first-order valence-electron chi connectivity index (χ1n) is 7.43. The maximum absolute atomic E-state index is 12.7. The van der Waals surface area contributed by atoms with Crippen LogP contribution in [0, 0.1) is 34.6 Å². The number of aliphatic hydroxyl groups is 1. The number of hydrogen-bond acceptors (Lipinski definition) is 4. The summed E-state index contributed by atoms with van der Waals surface area (Å²) in [5.41, 5.74) is 5.37. The van der Waals surface area contributed by atoms with Gasteiger partial charge in [0.1, 0.15) is 0 Å². The van der Waals surface area contributed by atoms with E-state index in [0.717, 1.165) is 33.4 Å². The monoisotopic (exact) mass is 353 g/mol. The first kappa shape index (κ1) is 18.1. The van der Waals surface area contributed by atoms with Crippen molar-refractivity contribution in [3.63, 3.8) is 0 Å². The molecular formula is C17H23NO3S2. The number of benzene rings is 1. The van der Waals surface area contributed by atoms with Gasteiger partial charge in [0.2, 0.25) is 10.0 Å². The van der Waals surface area contributed by atoms with E-state index < -0.39 is 16.1 Å². The first-order chi connectivity index (χ1) is 10.7. The summed E-state index contributed by atoms with van der Waals surface area (Å²) in [6.45, 7) is 9.52. The van der Waals surface area contributed by atoms with E-state index in [1.807, 2.05) is 45.4 Å². The molecule has 4 nitrogen and oxygen atoms in total. The van der Waals surface area contributed by atoms with Crippen molar-refractivity contribution in [2.45, 2.75) is 45.6 Å². The minimum absolute atomic E-state index is 0.0378. The van der Waals surface area contributed by atoms with Crippen LogP contribution in [0.5, 0.6) is 0 Å². The fraction of sp³-hybridized carbons (Fsp3) is 0.412. The van der Waals surface area contributed by atoms with Crippen LogP contribution in [0.25, 0.3) is 0 Å². The maximum Gasteiger partial charge on any atom is 0.241 e. The summed E-state index contributed by atoms with van der Waals surface area (Å²) in [7, 11) is -3.68. The highest BCUT2D eigenvalue weighted by atomic mass is 32.2. The summed E-state index contributed by atoms with van der Waals surface area (Å²) in [4.78, 5) is 0.329. The molecule has 1 atom stereocenters. The Labute approximate surface area is 142 Å². The molecule has 0 fully saturated rings. The minimum Gasteiger partial charge on any atom is -0.387 e. The second-order valence-corrected chi connectivity index (χ2v) is 8.36. The SMILES string of the molecule is Cc1c(C)c(C)c(S(=O)(=O)NCC(O)c2ccsc2)c(C)c1C. The highest BCUT2D eigenvalue weighted by Crippen LogP contribution is 2.29. The van der Waals surface area contributed by atoms with Gasteiger partial charge in [0.05, 0.1) is 11.0 Å². The molecule has 0 aliphatic heterocycles. The zero-order valence-electron chi connectivity index (χ0n) is 14.1. The predicted octanol–water partition coefficient (Wildman–Crippen LogP) is 3.30. The first-order valence-corrected chi connectivity index (χ1v) is 9.86. The third-order valence-corrected chi connectivity index (χ3v) is 6.99. The van der Waals surface area contributed by atoms with E-state index in [1.165, 1.54) is 11.3 Å². The molecule has 1 unspecified atom stereocenters. The Morgan fingerprint density at radius 3 is 2.04 bits per heavy atom. The third-order valence-electron chi connectivity index (χ3n) is 4.59. The molecule has 2 N–H and O–H groups in total. The molecule has 2 aromatic rings. The van der Waals surface area contributed by atoms with Gasteiger partial charge in [-0.2, -0.15) is 11.3 Å². The summed E-state index contributed by atoms with van der Waals surface area (Å²) in [5, 5.41) is 13.8. The average molecular weight is 354 g/mol. The number of rotatable bonds is 5. The summed E-state index contributed by atoms with van der Waals surface area (Å²) >= 11 is 1.47. The van der Waals surface area contributed by atoms with Crippen LogP contribution < -0.4 is 4.72 Å². The van der Waals surface area contributed by atoms with Gasteiger partial charge in [-0.05, 0) is 84.8 Å². The molecule has 126 valence electrons. The van der Waals surface area contributed by atoms with Gasteiger partial charge >= 0.3 is 0 Å². The quantitative estimate of drug-likeness (QED) is 0.867. The number of hydrogen-bond donors (Lipinski definition) is 2. The van der Waals surface area contributed by atoms with E-state index in [1.54, 1.807) is 6.07 Å². The van der Waals surface area contributed by atoms with E-state index in [2.05, 4.69) is 4.72 Å². The zero-order chi connectivity index (χ0) is 17.4. The van der Waals surface area contributed by atoms with E-state index in [0.29, 0.717) is 4.90 Å². The lowest BCUT2D eigenvalue weighted by Gasteiger charge is -2.19. The van der Waals surface area contributed by atoms with Crippen molar-refractivity contribution in [2.75, 3.05) is 6.54 Å². The van der Waals surface area contributed by atoms with Crippen LogP contribution in [0.3, 0.4) is 0 Å². The minimum atomic E-state index is -3.68. The van der Waals surface area contributed by atoms with Crippen LogP contribution in [-0.4, -0.2) is 20.1 Å². The van der Waals surface area contributed by atoms with Crippen LogP contribution in [0.2, 0.25) is 0 Å². The molecular weight excluding hydrogens is 330 g/mol.